The average Bonchev–Trinajstić information content (AvgIpc) is 3.23. The molecule has 2 aromatic carbocycles. The zero-order valence-corrected chi connectivity index (χ0v) is 16.8. The molecule has 8 heteroatoms. The molecule has 1 saturated carbocycles. The molecule has 3 aromatic rings. The topological polar surface area (TPSA) is 76.9 Å². The van der Waals surface area contributed by atoms with Gasteiger partial charge in [0.05, 0.1) is 16.3 Å². The van der Waals surface area contributed by atoms with Gasteiger partial charge in [-0.3, -0.25) is 4.72 Å². The van der Waals surface area contributed by atoms with Crippen LogP contribution >= 0.6 is 11.6 Å². The first-order chi connectivity index (χ1) is 13.5. The van der Waals surface area contributed by atoms with Crippen LogP contribution in [0.5, 0.6) is 0 Å². The number of benzene rings is 2. The Morgan fingerprint density at radius 2 is 1.79 bits per heavy atom. The number of anilines is 1. The van der Waals surface area contributed by atoms with E-state index in [0.29, 0.717) is 22.3 Å². The molecule has 0 saturated heterocycles. The van der Waals surface area contributed by atoms with E-state index >= 15 is 0 Å². The molecule has 146 valence electrons. The van der Waals surface area contributed by atoms with E-state index in [-0.39, 0.29) is 4.90 Å². The van der Waals surface area contributed by atoms with E-state index in [9.17, 15) is 8.42 Å². The summed E-state index contributed by atoms with van der Waals surface area (Å²) in [6, 6.07) is 12.1. The molecule has 0 aliphatic heterocycles. The first-order valence-electron chi connectivity index (χ1n) is 9.30. The molecule has 0 amide bonds. The van der Waals surface area contributed by atoms with Crippen molar-refractivity contribution in [2.45, 2.75) is 42.9 Å². The first-order valence-corrected chi connectivity index (χ1v) is 11.2. The number of halogens is 1. The van der Waals surface area contributed by atoms with Gasteiger partial charge >= 0.3 is 0 Å². The fourth-order valence-corrected chi connectivity index (χ4v) is 4.92. The van der Waals surface area contributed by atoms with Gasteiger partial charge in [-0.25, -0.2) is 18.1 Å². The van der Waals surface area contributed by atoms with Gasteiger partial charge in [0, 0.05) is 5.02 Å². The van der Waals surface area contributed by atoms with Crippen molar-refractivity contribution in [2.24, 2.45) is 0 Å². The van der Waals surface area contributed by atoms with Crippen molar-refractivity contribution in [3.63, 3.8) is 0 Å². The standard InChI is InChI=1S/C20H21ClN4O2S/c21-17-8-11-20(25-14-22-13-23-25)19(12-17)24-28(26,27)18-9-6-16(7-10-18)15-4-2-1-3-5-15/h6-15,24H,1-5H2. The van der Waals surface area contributed by atoms with Crippen molar-refractivity contribution < 1.29 is 8.42 Å². The molecule has 1 aliphatic carbocycles. The quantitative estimate of drug-likeness (QED) is 0.649. The van der Waals surface area contributed by atoms with Crippen LogP contribution in [0, 0.1) is 0 Å². The van der Waals surface area contributed by atoms with Crippen LogP contribution in [0.25, 0.3) is 5.69 Å². The van der Waals surface area contributed by atoms with Crippen LogP contribution in [0.15, 0.2) is 60.0 Å². The predicted octanol–water partition coefficient (Wildman–Crippen LogP) is 4.77. The molecule has 0 atom stereocenters. The molecule has 0 bridgehead atoms. The molecule has 1 aliphatic rings. The zero-order chi connectivity index (χ0) is 19.6. The Bertz CT molecular complexity index is 1040. The number of aromatic nitrogens is 3. The molecule has 0 radical (unpaired) electrons. The van der Waals surface area contributed by atoms with Crippen LogP contribution in [-0.2, 0) is 10.0 Å². The Morgan fingerprint density at radius 3 is 2.46 bits per heavy atom. The Kier molecular flexibility index (Phi) is 5.37. The lowest BCUT2D eigenvalue weighted by atomic mass is 9.84. The lowest BCUT2D eigenvalue weighted by Crippen LogP contribution is -2.15. The van der Waals surface area contributed by atoms with Crippen LogP contribution in [0.2, 0.25) is 5.02 Å². The van der Waals surface area contributed by atoms with Crippen LogP contribution in [0.4, 0.5) is 5.69 Å². The molecule has 6 nitrogen and oxygen atoms in total. The second kappa shape index (κ2) is 7.93. The number of hydrogen-bond acceptors (Lipinski definition) is 4. The summed E-state index contributed by atoms with van der Waals surface area (Å²) in [5.41, 5.74) is 2.10. The number of hydrogen-bond donors (Lipinski definition) is 1. The SMILES string of the molecule is O=S(=O)(Nc1cc(Cl)ccc1-n1cncn1)c1ccc(C2CCCCC2)cc1. The Labute approximate surface area is 169 Å². The zero-order valence-electron chi connectivity index (χ0n) is 15.3. The summed E-state index contributed by atoms with van der Waals surface area (Å²) in [6.45, 7) is 0. The van der Waals surface area contributed by atoms with Gasteiger partial charge < -0.3 is 0 Å². The second-order valence-electron chi connectivity index (χ2n) is 7.01. The fraction of sp³-hybridized carbons (Fsp3) is 0.300. The summed E-state index contributed by atoms with van der Waals surface area (Å²) in [7, 11) is -3.76. The monoisotopic (exact) mass is 416 g/mol. The lowest BCUT2D eigenvalue weighted by Gasteiger charge is -2.22. The molecule has 1 heterocycles. The Balaban J connectivity index is 1.60. The van der Waals surface area contributed by atoms with Gasteiger partial charge in [-0.15, -0.1) is 0 Å². The molecule has 1 aromatic heterocycles. The molecule has 28 heavy (non-hydrogen) atoms. The summed E-state index contributed by atoms with van der Waals surface area (Å²) in [4.78, 5) is 4.13. The summed E-state index contributed by atoms with van der Waals surface area (Å²) in [6.07, 6.45) is 9.01. The van der Waals surface area contributed by atoms with Gasteiger partial charge in [0.25, 0.3) is 10.0 Å². The lowest BCUT2D eigenvalue weighted by molar-refractivity contribution is 0.443. The number of nitrogens with one attached hydrogen (secondary N) is 1. The molecular formula is C20H21ClN4O2S. The maximum absolute atomic E-state index is 12.9. The van der Waals surface area contributed by atoms with E-state index in [4.69, 9.17) is 11.6 Å². The van der Waals surface area contributed by atoms with Gasteiger partial charge in [0.2, 0.25) is 0 Å². The highest BCUT2D eigenvalue weighted by molar-refractivity contribution is 7.92. The minimum absolute atomic E-state index is 0.219. The first kappa shape index (κ1) is 19.0. The van der Waals surface area contributed by atoms with Gasteiger partial charge in [-0.05, 0) is 54.7 Å². The largest absolute Gasteiger partial charge is 0.277 e. The third-order valence-electron chi connectivity index (χ3n) is 5.14. The summed E-state index contributed by atoms with van der Waals surface area (Å²) in [5.74, 6) is 0.533. The minimum atomic E-state index is -3.76. The van der Waals surface area contributed by atoms with Crippen molar-refractivity contribution >= 4 is 27.3 Å². The molecule has 0 spiro atoms. The van der Waals surface area contributed by atoms with Gasteiger partial charge in [0.1, 0.15) is 12.7 Å². The Hall–Kier alpha value is -2.38. The molecule has 0 unspecified atom stereocenters. The highest BCUT2D eigenvalue weighted by Crippen LogP contribution is 2.33. The van der Waals surface area contributed by atoms with Gasteiger partial charge in [-0.2, -0.15) is 5.10 Å². The summed E-state index contributed by atoms with van der Waals surface area (Å²) < 4.78 is 30.0. The fourth-order valence-electron chi connectivity index (χ4n) is 3.68. The molecular weight excluding hydrogens is 396 g/mol. The van der Waals surface area contributed by atoms with E-state index < -0.39 is 10.0 Å². The predicted molar refractivity (Wildman–Crippen MR) is 109 cm³/mol. The van der Waals surface area contributed by atoms with Crippen molar-refractivity contribution in [2.75, 3.05) is 4.72 Å². The maximum atomic E-state index is 12.9. The van der Waals surface area contributed by atoms with Crippen molar-refractivity contribution in [3.8, 4) is 5.69 Å². The van der Waals surface area contributed by atoms with E-state index in [1.165, 1.54) is 55.0 Å². The maximum Gasteiger partial charge on any atom is 0.261 e. The van der Waals surface area contributed by atoms with E-state index in [2.05, 4.69) is 14.8 Å². The number of nitrogens with zero attached hydrogens (tertiary/aromatic N) is 3. The average molecular weight is 417 g/mol. The molecule has 1 fully saturated rings. The van der Waals surface area contributed by atoms with E-state index in [1.807, 2.05) is 12.1 Å². The van der Waals surface area contributed by atoms with Crippen LogP contribution in [-0.4, -0.2) is 23.2 Å². The van der Waals surface area contributed by atoms with Crippen molar-refractivity contribution in [1.29, 1.82) is 0 Å². The molecule has 1 N–H and O–H groups in total. The van der Waals surface area contributed by atoms with Crippen LogP contribution in [0.3, 0.4) is 0 Å². The highest BCUT2D eigenvalue weighted by atomic mass is 35.5. The van der Waals surface area contributed by atoms with Gasteiger partial charge in [-0.1, -0.05) is 43.0 Å². The third-order valence-corrected chi connectivity index (χ3v) is 6.75. The minimum Gasteiger partial charge on any atom is -0.277 e. The number of sulfonamides is 1. The van der Waals surface area contributed by atoms with Crippen molar-refractivity contribution in [3.05, 3.63) is 65.7 Å². The van der Waals surface area contributed by atoms with Crippen LogP contribution < -0.4 is 4.72 Å². The number of rotatable bonds is 5. The van der Waals surface area contributed by atoms with Crippen molar-refractivity contribution in [1.82, 2.24) is 14.8 Å². The summed E-state index contributed by atoms with van der Waals surface area (Å²) in [5, 5.41) is 4.50. The normalized spacial score (nSPS) is 15.5. The Morgan fingerprint density at radius 1 is 1.04 bits per heavy atom. The van der Waals surface area contributed by atoms with E-state index in [0.717, 1.165) is 0 Å². The third kappa shape index (κ3) is 4.05. The molecule has 4 rings (SSSR count). The smallest absolute Gasteiger partial charge is 0.261 e. The van der Waals surface area contributed by atoms with Gasteiger partial charge in [0.15, 0.2) is 0 Å². The summed E-state index contributed by atoms with van der Waals surface area (Å²) >= 11 is 6.08. The van der Waals surface area contributed by atoms with Crippen LogP contribution in [0.1, 0.15) is 43.6 Å². The van der Waals surface area contributed by atoms with E-state index in [1.54, 1.807) is 30.3 Å². The highest BCUT2D eigenvalue weighted by Gasteiger charge is 2.20. The second-order valence-corrected chi connectivity index (χ2v) is 9.13.